The normalized spacial score (nSPS) is 20.0. The van der Waals surface area contributed by atoms with Gasteiger partial charge in [0.05, 0.1) is 12.6 Å². The van der Waals surface area contributed by atoms with Gasteiger partial charge in [-0.15, -0.1) is 0 Å². The van der Waals surface area contributed by atoms with Gasteiger partial charge in [0.2, 0.25) is 5.91 Å². The first kappa shape index (κ1) is 17.2. The number of carbonyl (C=O) groups is 1. The van der Waals surface area contributed by atoms with Crippen LogP contribution in [0.4, 0.5) is 0 Å². The lowest BCUT2D eigenvalue weighted by atomic mass is 9.77. The quantitative estimate of drug-likeness (QED) is 0.842. The molecule has 26 heavy (non-hydrogen) atoms. The summed E-state index contributed by atoms with van der Waals surface area (Å²) in [5, 5.41) is 4.26. The van der Waals surface area contributed by atoms with Gasteiger partial charge in [-0.05, 0) is 49.4 Å². The van der Waals surface area contributed by atoms with Crippen LogP contribution in [0.3, 0.4) is 0 Å². The maximum Gasteiger partial charge on any atom is 0.227 e. The Kier molecular flexibility index (Phi) is 4.76. The third kappa shape index (κ3) is 3.80. The van der Waals surface area contributed by atoms with Crippen molar-refractivity contribution in [1.29, 1.82) is 0 Å². The number of pyridine rings is 1. The van der Waals surface area contributed by atoms with Crippen LogP contribution in [0.2, 0.25) is 0 Å². The predicted octanol–water partition coefficient (Wildman–Crippen LogP) is 1.87. The largest absolute Gasteiger partial charge is 0.342 e. The second-order valence-electron chi connectivity index (χ2n) is 7.90. The summed E-state index contributed by atoms with van der Waals surface area (Å²) < 4.78 is 1.86. The molecule has 4 rings (SSSR count). The lowest BCUT2D eigenvalue weighted by Crippen LogP contribution is -2.42. The molecule has 0 radical (unpaired) electrons. The molecule has 1 spiro atoms. The molecule has 0 unspecified atom stereocenters. The monoisotopic (exact) mass is 353 g/mol. The lowest BCUT2D eigenvalue weighted by Gasteiger charge is -2.39. The Labute approximate surface area is 154 Å². The minimum absolute atomic E-state index is 0.243. The van der Waals surface area contributed by atoms with Crippen LogP contribution in [0, 0.1) is 5.41 Å². The van der Waals surface area contributed by atoms with Gasteiger partial charge in [0, 0.05) is 50.8 Å². The Bertz CT molecular complexity index is 749. The Morgan fingerprint density at radius 2 is 1.96 bits per heavy atom. The average Bonchev–Trinajstić information content (AvgIpc) is 3.25. The first-order valence-corrected chi connectivity index (χ1v) is 9.49. The highest BCUT2D eigenvalue weighted by Gasteiger charge is 2.41. The van der Waals surface area contributed by atoms with Gasteiger partial charge in [0.1, 0.15) is 0 Å². The molecule has 1 amide bonds. The maximum absolute atomic E-state index is 12.6. The van der Waals surface area contributed by atoms with Crippen LogP contribution in [0.5, 0.6) is 0 Å². The summed E-state index contributed by atoms with van der Waals surface area (Å²) in [5.74, 6) is 0.243. The highest BCUT2D eigenvalue weighted by Crippen LogP contribution is 2.40. The van der Waals surface area contributed by atoms with E-state index in [4.69, 9.17) is 0 Å². The predicted molar refractivity (Wildman–Crippen MR) is 99.3 cm³/mol. The van der Waals surface area contributed by atoms with Gasteiger partial charge in [0.15, 0.2) is 0 Å². The number of hydrogen-bond acceptors (Lipinski definition) is 4. The molecule has 138 valence electrons. The summed E-state index contributed by atoms with van der Waals surface area (Å²) in [6.07, 6.45) is 11.6. The molecular formula is C20H27N5O. The van der Waals surface area contributed by atoms with E-state index < -0.39 is 0 Å². The Hall–Kier alpha value is -2.21. The zero-order valence-corrected chi connectivity index (χ0v) is 15.5. The summed E-state index contributed by atoms with van der Waals surface area (Å²) in [6, 6.07) is 3.87. The van der Waals surface area contributed by atoms with Gasteiger partial charge in [-0.1, -0.05) is 6.07 Å². The molecule has 0 atom stereocenters. The van der Waals surface area contributed by atoms with E-state index in [1.165, 1.54) is 18.4 Å². The van der Waals surface area contributed by atoms with Crippen molar-refractivity contribution in [1.82, 2.24) is 24.6 Å². The molecule has 0 N–H and O–H groups in total. The summed E-state index contributed by atoms with van der Waals surface area (Å²) in [6.45, 7) is 5.03. The molecule has 2 saturated heterocycles. The van der Waals surface area contributed by atoms with Crippen molar-refractivity contribution in [3.8, 4) is 0 Å². The molecular weight excluding hydrogens is 326 g/mol. The zero-order chi connectivity index (χ0) is 18.0. The lowest BCUT2D eigenvalue weighted by molar-refractivity contribution is -0.130. The smallest absolute Gasteiger partial charge is 0.227 e. The van der Waals surface area contributed by atoms with Crippen LogP contribution in [0.25, 0.3) is 0 Å². The molecule has 0 bridgehead atoms. The topological polar surface area (TPSA) is 54.3 Å². The van der Waals surface area contributed by atoms with Crippen LogP contribution in [0.1, 0.15) is 30.4 Å². The number of piperidine rings is 1. The van der Waals surface area contributed by atoms with Crippen LogP contribution < -0.4 is 0 Å². The van der Waals surface area contributed by atoms with Gasteiger partial charge >= 0.3 is 0 Å². The second-order valence-corrected chi connectivity index (χ2v) is 7.90. The third-order valence-electron chi connectivity index (χ3n) is 5.95. The van der Waals surface area contributed by atoms with Crippen molar-refractivity contribution >= 4 is 5.91 Å². The number of nitrogens with zero attached hydrogens (tertiary/aromatic N) is 5. The highest BCUT2D eigenvalue weighted by atomic mass is 16.2. The number of aromatic nitrogens is 3. The van der Waals surface area contributed by atoms with Gasteiger partial charge in [0.25, 0.3) is 0 Å². The molecule has 0 aromatic carbocycles. The fourth-order valence-corrected chi connectivity index (χ4v) is 4.34. The molecule has 0 aliphatic carbocycles. The standard InChI is InChI=1S/C20H27N5O/c1-23-14-18(13-22-23)15-24-8-4-20(5-9-24)6-10-25(16-20)19(26)11-17-3-2-7-21-12-17/h2-3,7,12-14H,4-6,8-11,15-16H2,1H3. The number of aryl methyl sites for hydroxylation is 1. The molecule has 2 aromatic rings. The van der Waals surface area contributed by atoms with Crippen molar-refractivity contribution in [3.05, 3.63) is 48.0 Å². The molecule has 2 fully saturated rings. The molecule has 2 aromatic heterocycles. The van der Waals surface area contributed by atoms with Gasteiger partial charge < -0.3 is 4.90 Å². The molecule has 0 saturated carbocycles. The average molecular weight is 353 g/mol. The molecule has 2 aliphatic rings. The molecule has 2 aliphatic heterocycles. The summed E-state index contributed by atoms with van der Waals surface area (Å²) in [4.78, 5) is 21.3. The summed E-state index contributed by atoms with van der Waals surface area (Å²) >= 11 is 0. The highest BCUT2D eigenvalue weighted by molar-refractivity contribution is 5.79. The first-order chi connectivity index (χ1) is 12.6. The Morgan fingerprint density at radius 1 is 1.15 bits per heavy atom. The van der Waals surface area contributed by atoms with Crippen LogP contribution >= 0.6 is 0 Å². The van der Waals surface area contributed by atoms with Crippen molar-refractivity contribution in [2.24, 2.45) is 12.5 Å². The summed E-state index contributed by atoms with van der Waals surface area (Å²) in [7, 11) is 1.96. The second kappa shape index (κ2) is 7.19. The van der Waals surface area contributed by atoms with E-state index in [1.54, 1.807) is 12.4 Å². The SMILES string of the molecule is Cn1cc(CN2CCC3(CC2)CCN(C(=O)Cc2cccnc2)C3)cn1. The summed E-state index contributed by atoms with van der Waals surface area (Å²) in [5.41, 5.74) is 2.61. The van der Waals surface area contributed by atoms with Crippen LogP contribution in [-0.4, -0.2) is 56.7 Å². The van der Waals surface area contributed by atoms with Crippen molar-refractivity contribution in [2.75, 3.05) is 26.2 Å². The Balaban J connectivity index is 1.29. The van der Waals surface area contributed by atoms with E-state index in [2.05, 4.69) is 26.1 Å². The molecule has 6 heteroatoms. The van der Waals surface area contributed by atoms with Crippen LogP contribution in [0.15, 0.2) is 36.9 Å². The minimum Gasteiger partial charge on any atom is -0.342 e. The van der Waals surface area contributed by atoms with Crippen molar-refractivity contribution in [3.63, 3.8) is 0 Å². The van der Waals surface area contributed by atoms with E-state index in [0.717, 1.165) is 44.7 Å². The third-order valence-corrected chi connectivity index (χ3v) is 5.95. The number of rotatable bonds is 4. The number of carbonyl (C=O) groups excluding carboxylic acids is 1. The number of likely N-dealkylation sites (tertiary alicyclic amines) is 2. The fourth-order valence-electron chi connectivity index (χ4n) is 4.34. The van der Waals surface area contributed by atoms with E-state index in [0.29, 0.717) is 11.8 Å². The number of hydrogen-bond donors (Lipinski definition) is 0. The maximum atomic E-state index is 12.6. The van der Waals surface area contributed by atoms with Gasteiger partial charge in [-0.25, -0.2) is 0 Å². The fraction of sp³-hybridized carbons (Fsp3) is 0.550. The van der Waals surface area contributed by atoms with Crippen molar-refractivity contribution < 1.29 is 4.79 Å². The first-order valence-electron chi connectivity index (χ1n) is 9.49. The minimum atomic E-state index is 0.243. The van der Waals surface area contributed by atoms with E-state index in [9.17, 15) is 4.79 Å². The molecule has 6 nitrogen and oxygen atoms in total. The van der Waals surface area contributed by atoms with Gasteiger partial charge in [-0.3, -0.25) is 19.4 Å². The van der Waals surface area contributed by atoms with E-state index in [1.807, 2.05) is 30.1 Å². The molecule has 4 heterocycles. The zero-order valence-electron chi connectivity index (χ0n) is 15.5. The van der Waals surface area contributed by atoms with Crippen LogP contribution in [-0.2, 0) is 24.8 Å². The van der Waals surface area contributed by atoms with Gasteiger partial charge in [-0.2, -0.15) is 5.10 Å². The Morgan fingerprint density at radius 3 is 2.65 bits per heavy atom. The van der Waals surface area contributed by atoms with E-state index in [-0.39, 0.29) is 5.91 Å². The van der Waals surface area contributed by atoms with E-state index >= 15 is 0 Å². The van der Waals surface area contributed by atoms with Crippen molar-refractivity contribution in [2.45, 2.75) is 32.2 Å². The number of amides is 1.